The van der Waals surface area contributed by atoms with Crippen LogP contribution in [0.3, 0.4) is 0 Å². The number of nitrogens with zero attached hydrogens (tertiary/aromatic N) is 2. The SMILES string of the molecule is O=C(CCNc1ncc(C(F)(F)F)cc1Cl)NCc1ccccn1. The lowest BCUT2D eigenvalue weighted by Gasteiger charge is -2.11. The molecule has 0 saturated heterocycles. The summed E-state index contributed by atoms with van der Waals surface area (Å²) in [6.45, 7) is 0.491. The molecule has 128 valence electrons. The van der Waals surface area contributed by atoms with E-state index in [1.54, 1.807) is 18.3 Å². The van der Waals surface area contributed by atoms with Crippen LogP contribution in [0.15, 0.2) is 36.7 Å². The van der Waals surface area contributed by atoms with Gasteiger partial charge < -0.3 is 10.6 Å². The molecule has 2 aromatic rings. The molecule has 2 heterocycles. The zero-order valence-corrected chi connectivity index (χ0v) is 13.2. The molecule has 0 spiro atoms. The van der Waals surface area contributed by atoms with Gasteiger partial charge in [-0.3, -0.25) is 9.78 Å². The fraction of sp³-hybridized carbons (Fsp3) is 0.267. The number of pyridine rings is 2. The smallest absolute Gasteiger partial charge is 0.368 e. The van der Waals surface area contributed by atoms with E-state index in [1.807, 2.05) is 6.07 Å². The van der Waals surface area contributed by atoms with Crippen LogP contribution in [0.4, 0.5) is 19.0 Å². The van der Waals surface area contributed by atoms with Crippen LogP contribution in [0.5, 0.6) is 0 Å². The fourth-order valence-electron chi connectivity index (χ4n) is 1.80. The lowest BCUT2D eigenvalue weighted by Crippen LogP contribution is -2.25. The van der Waals surface area contributed by atoms with E-state index in [0.717, 1.165) is 11.8 Å². The molecular formula is C15H14ClF3N4O. The van der Waals surface area contributed by atoms with Crippen molar-refractivity contribution in [2.24, 2.45) is 0 Å². The summed E-state index contributed by atoms with van der Waals surface area (Å²) in [5.74, 6) is -0.127. The summed E-state index contributed by atoms with van der Waals surface area (Å²) >= 11 is 5.76. The van der Waals surface area contributed by atoms with Gasteiger partial charge in [0.2, 0.25) is 5.91 Å². The summed E-state index contributed by atoms with van der Waals surface area (Å²) in [6.07, 6.45) is -2.07. The predicted molar refractivity (Wildman–Crippen MR) is 83.4 cm³/mol. The van der Waals surface area contributed by atoms with Gasteiger partial charge in [-0.2, -0.15) is 13.2 Å². The molecule has 0 saturated carbocycles. The molecule has 5 nitrogen and oxygen atoms in total. The van der Waals surface area contributed by atoms with Crippen molar-refractivity contribution in [1.82, 2.24) is 15.3 Å². The van der Waals surface area contributed by atoms with Crippen molar-refractivity contribution in [2.75, 3.05) is 11.9 Å². The second kappa shape index (κ2) is 7.96. The minimum absolute atomic E-state index is 0.0993. The van der Waals surface area contributed by atoms with Gasteiger partial charge in [-0.05, 0) is 18.2 Å². The monoisotopic (exact) mass is 358 g/mol. The maximum Gasteiger partial charge on any atom is 0.417 e. The Morgan fingerprint density at radius 1 is 1.25 bits per heavy atom. The van der Waals surface area contributed by atoms with E-state index in [9.17, 15) is 18.0 Å². The topological polar surface area (TPSA) is 66.9 Å². The summed E-state index contributed by atoms with van der Waals surface area (Å²) in [5.41, 5.74) is -0.197. The van der Waals surface area contributed by atoms with E-state index < -0.39 is 11.7 Å². The van der Waals surface area contributed by atoms with Gasteiger partial charge in [-0.15, -0.1) is 0 Å². The molecule has 0 aliphatic carbocycles. The van der Waals surface area contributed by atoms with E-state index in [-0.39, 0.29) is 29.7 Å². The lowest BCUT2D eigenvalue weighted by molar-refractivity contribution is -0.137. The number of aromatic nitrogens is 2. The van der Waals surface area contributed by atoms with Crippen LogP contribution in [0.1, 0.15) is 17.7 Å². The zero-order chi connectivity index (χ0) is 17.6. The number of carbonyl (C=O) groups is 1. The molecule has 2 N–H and O–H groups in total. The number of rotatable bonds is 6. The Kier molecular flexibility index (Phi) is 5.97. The largest absolute Gasteiger partial charge is 0.417 e. The number of hydrogen-bond donors (Lipinski definition) is 2. The highest BCUT2D eigenvalue weighted by Crippen LogP contribution is 2.32. The van der Waals surface area contributed by atoms with Crippen LogP contribution in [-0.2, 0) is 17.5 Å². The Morgan fingerprint density at radius 2 is 2.04 bits per heavy atom. The maximum absolute atomic E-state index is 12.5. The normalized spacial score (nSPS) is 11.2. The van der Waals surface area contributed by atoms with E-state index in [2.05, 4.69) is 20.6 Å². The molecule has 0 unspecified atom stereocenters. The van der Waals surface area contributed by atoms with Crippen molar-refractivity contribution in [3.05, 3.63) is 52.9 Å². The van der Waals surface area contributed by atoms with Crippen LogP contribution in [0.2, 0.25) is 5.02 Å². The Balaban J connectivity index is 1.78. The van der Waals surface area contributed by atoms with E-state index in [0.29, 0.717) is 12.7 Å². The molecule has 9 heteroatoms. The first-order chi connectivity index (χ1) is 11.4. The number of nitrogens with one attached hydrogen (secondary N) is 2. The average Bonchev–Trinajstić information content (AvgIpc) is 2.54. The molecule has 2 aromatic heterocycles. The molecule has 0 radical (unpaired) electrons. The number of halogens is 4. The van der Waals surface area contributed by atoms with E-state index in [1.165, 1.54) is 0 Å². The van der Waals surface area contributed by atoms with Crippen LogP contribution in [0.25, 0.3) is 0 Å². The van der Waals surface area contributed by atoms with Crippen LogP contribution >= 0.6 is 11.6 Å². The van der Waals surface area contributed by atoms with Crippen molar-refractivity contribution in [3.63, 3.8) is 0 Å². The van der Waals surface area contributed by atoms with Crippen LogP contribution in [0, 0.1) is 0 Å². The highest BCUT2D eigenvalue weighted by Gasteiger charge is 2.31. The summed E-state index contributed by atoms with van der Waals surface area (Å²) in [7, 11) is 0. The van der Waals surface area contributed by atoms with Crippen molar-refractivity contribution >= 4 is 23.3 Å². The molecule has 24 heavy (non-hydrogen) atoms. The minimum Gasteiger partial charge on any atom is -0.368 e. The van der Waals surface area contributed by atoms with E-state index >= 15 is 0 Å². The molecule has 0 aromatic carbocycles. The maximum atomic E-state index is 12.5. The number of alkyl halides is 3. The third-order valence-corrected chi connectivity index (χ3v) is 3.29. The van der Waals surface area contributed by atoms with Gasteiger partial charge in [0.05, 0.1) is 22.8 Å². The molecular weight excluding hydrogens is 345 g/mol. The summed E-state index contributed by atoms with van der Waals surface area (Å²) < 4.78 is 37.5. The second-order valence-electron chi connectivity index (χ2n) is 4.83. The third-order valence-electron chi connectivity index (χ3n) is 3.01. The number of hydrogen-bond acceptors (Lipinski definition) is 4. The number of amides is 1. The van der Waals surface area contributed by atoms with Gasteiger partial charge >= 0.3 is 6.18 Å². The Hall–Kier alpha value is -2.35. The van der Waals surface area contributed by atoms with Gasteiger partial charge in [0.25, 0.3) is 0 Å². The standard InChI is InChI=1S/C15H14ClF3N4O/c16-12-7-10(15(17,18)19)8-23-14(12)21-6-4-13(24)22-9-11-3-1-2-5-20-11/h1-3,5,7-8H,4,6,9H2,(H,21,23)(H,22,24). The Bertz CT molecular complexity index is 695. The molecule has 0 aliphatic rings. The van der Waals surface area contributed by atoms with Crippen molar-refractivity contribution in [1.29, 1.82) is 0 Å². The molecule has 2 rings (SSSR count). The molecule has 0 aliphatic heterocycles. The minimum atomic E-state index is -4.50. The quantitative estimate of drug-likeness (QED) is 0.831. The highest BCUT2D eigenvalue weighted by molar-refractivity contribution is 6.32. The predicted octanol–water partition coefficient (Wildman–Crippen LogP) is 3.27. The molecule has 0 fully saturated rings. The average molecular weight is 359 g/mol. The Morgan fingerprint density at radius 3 is 2.67 bits per heavy atom. The first kappa shape index (κ1) is 18.0. The highest BCUT2D eigenvalue weighted by atomic mass is 35.5. The third kappa shape index (κ3) is 5.38. The van der Waals surface area contributed by atoms with Gasteiger partial charge in [0.15, 0.2) is 0 Å². The van der Waals surface area contributed by atoms with E-state index in [4.69, 9.17) is 11.6 Å². The first-order valence-electron chi connectivity index (χ1n) is 6.99. The van der Waals surface area contributed by atoms with Crippen LogP contribution < -0.4 is 10.6 Å². The fourth-order valence-corrected chi connectivity index (χ4v) is 2.03. The molecule has 0 bridgehead atoms. The molecule has 0 atom stereocenters. The Labute approximate surface area is 141 Å². The van der Waals surface area contributed by atoms with Crippen molar-refractivity contribution in [3.8, 4) is 0 Å². The van der Waals surface area contributed by atoms with Crippen LogP contribution in [-0.4, -0.2) is 22.4 Å². The molecule has 1 amide bonds. The van der Waals surface area contributed by atoms with Gasteiger partial charge in [-0.25, -0.2) is 4.98 Å². The van der Waals surface area contributed by atoms with Gasteiger partial charge in [0.1, 0.15) is 5.82 Å². The lowest BCUT2D eigenvalue weighted by atomic mass is 10.2. The zero-order valence-electron chi connectivity index (χ0n) is 12.4. The van der Waals surface area contributed by atoms with Crippen molar-refractivity contribution in [2.45, 2.75) is 19.1 Å². The number of carbonyl (C=O) groups excluding carboxylic acids is 1. The van der Waals surface area contributed by atoms with Crippen molar-refractivity contribution < 1.29 is 18.0 Å². The van der Waals surface area contributed by atoms with Gasteiger partial charge in [-0.1, -0.05) is 17.7 Å². The summed E-state index contributed by atoms with van der Waals surface area (Å²) in [6, 6.07) is 6.16. The second-order valence-corrected chi connectivity index (χ2v) is 5.23. The first-order valence-corrected chi connectivity index (χ1v) is 7.37. The summed E-state index contributed by atoms with van der Waals surface area (Å²) in [4.78, 5) is 19.4. The van der Waals surface area contributed by atoms with Gasteiger partial charge in [0, 0.05) is 25.4 Å². The number of anilines is 1. The summed E-state index contributed by atoms with van der Waals surface area (Å²) in [5, 5.41) is 5.27.